The number of oxazole rings is 1. The number of nitrogens with zero attached hydrogens (tertiary/aromatic N) is 2. The summed E-state index contributed by atoms with van der Waals surface area (Å²) < 4.78 is 5.13. The van der Waals surface area contributed by atoms with Crippen molar-refractivity contribution in [3.63, 3.8) is 0 Å². The zero-order valence-corrected chi connectivity index (χ0v) is 17.2. The van der Waals surface area contributed by atoms with E-state index in [4.69, 9.17) is 4.42 Å². The minimum atomic E-state index is -0.407. The topological polar surface area (TPSA) is 98.8 Å². The average molecular weight is 414 g/mol. The molecule has 0 unspecified atom stereocenters. The second-order valence-electron chi connectivity index (χ2n) is 8.67. The van der Waals surface area contributed by atoms with Crippen LogP contribution in [0.15, 0.2) is 47.3 Å². The largest absolute Gasteiger partial charge is 0.438 e. The number of carbonyl (C=O) groups excluding carboxylic acids is 1. The molecule has 0 bridgehead atoms. The summed E-state index contributed by atoms with van der Waals surface area (Å²) in [6.07, 6.45) is 6.76. The SMILES string of the molecule is O=C(NC[C@@]1(c2ccccc2)CC[C@H](O)[C@@H](N2CCC(O)CC2)CC1)c1cnco1. The third kappa shape index (κ3) is 4.58. The van der Waals surface area contributed by atoms with Crippen LogP contribution in [0.2, 0.25) is 0 Å². The maximum atomic E-state index is 12.5. The van der Waals surface area contributed by atoms with E-state index in [9.17, 15) is 15.0 Å². The van der Waals surface area contributed by atoms with Gasteiger partial charge in [-0.2, -0.15) is 0 Å². The molecular weight excluding hydrogens is 382 g/mol. The Morgan fingerprint density at radius 2 is 1.87 bits per heavy atom. The van der Waals surface area contributed by atoms with Gasteiger partial charge in [0.05, 0.1) is 18.4 Å². The van der Waals surface area contributed by atoms with Gasteiger partial charge in [0.1, 0.15) is 0 Å². The molecule has 3 N–H and O–H groups in total. The lowest BCUT2D eigenvalue weighted by molar-refractivity contribution is 0.00482. The zero-order chi connectivity index (χ0) is 21.0. The van der Waals surface area contributed by atoms with Gasteiger partial charge in [-0.1, -0.05) is 30.3 Å². The molecule has 162 valence electrons. The van der Waals surface area contributed by atoms with Crippen LogP contribution in [-0.4, -0.2) is 63.9 Å². The summed E-state index contributed by atoms with van der Waals surface area (Å²) in [5.74, 6) is -0.0641. The molecule has 1 aliphatic heterocycles. The van der Waals surface area contributed by atoms with Gasteiger partial charge in [0.25, 0.3) is 5.91 Å². The van der Waals surface area contributed by atoms with Crippen molar-refractivity contribution in [2.45, 2.75) is 62.2 Å². The molecule has 3 atom stereocenters. The van der Waals surface area contributed by atoms with Crippen LogP contribution in [-0.2, 0) is 5.41 Å². The van der Waals surface area contributed by atoms with Crippen molar-refractivity contribution in [3.05, 3.63) is 54.2 Å². The van der Waals surface area contributed by atoms with Gasteiger partial charge >= 0.3 is 0 Å². The van der Waals surface area contributed by atoms with Crippen LogP contribution in [0.4, 0.5) is 0 Å². The van der Waals surface area contributed by atoms with Crippen LogP contribution in [0.3, 0.4) is 0 Å². The van der Waals surface area contributed by atoms with Gasteiger partial charge in [0, 0.05) is 31.1 Å². The maximum Gasteiger partial charge on any atom is 0.288 e. The lowest BCUT2D eigenvalue weighted by Gasteiger charge is -2.38. The summed E-state index contributed by atoms with van der Waals surface area (Å²) in [5.41, 5.74) is 0.937. The van der Waals surface area contributed by atoms with Crippen LogP contribution in [0.5, 0.6) is 0 Å². The molecule has 1 aromatic carbocycles. The van der Waals surface area contributed by atoms with Crippen molar-refractivity contribution in [2.75, 3.05) is 19.6 Å². The summed E-state index contributed by atoms with van der Waals surface area (Å²) in [6, 6.07) is 10.4. The zero-order valence-electron chi connectivity index (χ0n) is 17.2. The van der Waals surface area contributed by atoms with Gasteiger partial charge in [0.15, 0.2) is 6.39 Å². The molecule has 7 heteroatoms. The highest BCUT2D eigenvalue weighted by Crippen LogP contribution is 2.39. The molecule has 0 spiro atoms. The van der Waals surface area contributed by atoms with Gasteiger partial charge in [-0.15, -0.1) is 0 Å². The number of rotatable bonds is 5. The Morgan fingerprint density at radius 1 is 1.13 bits per heavy atom. The lowest BCUT2D eigenvalue weighted by Crippen LogP contribution is -2.48. The van der Waals surface area contributed by atoms with Gasteiger partial charge in [0.2, 0.25) is 5.76 Å². The van der Waals surface area contributed by atoms with Crippen molar-refractivity contribution in [2.24, 2.45) is 0 Å². The van der Waals surface area contributed by atoms with E-state index >= 15 is 0 Å². The molecule has 1 aromatic heterocycles. The van der Waals surface area contributed by atoms with Gasteiger partial charge < -0.3 is 19.9 Å². The molecule has 1 saturated heterocycles. The Labute approximate surface area is 177 Å². The predicted octanol–water partition coefficient (Wildman–Crippen LogP) is 2.10. The minimum absolute atomic E-state index is 0.0908. The third-order valence-electron chi connectivity index (χ3n) is 6.88. The Kier molecular flexibility index (Phi) is 6.51. The van der Waals surface area contributed by atoms with Crippen molar-refractivity contribution in [1.29, 1.82) is 0 Å². The first kappa shape index (κ1) is 21.0. The molecule has 2 aliphatic rings. The maximum absolute atomic E-state index is 12.5. The van der Waals surface area contributed by atoms with E-state index in [-0.39, 0.29) is 29.2 Å². The fraction of sp³-hybridized carbons (Fsp3) is 0.565. The van der Waals surface area contributed by atoms with Crippen LogP contribution >= 0.6 is 0 Å². The van der Waals surface area contributed by atoms with Crippen LogP contribution in [0, 0.1) is 0 Å². The molecular formula is C23H31N3O4. The van der Waals surface area contributed by atoms with Gasteiger partial charge in [-0.05, 0) is 44.1 Å². The molecule has 2 aromatic rings. The highest BCUT2D eigenvalue weighted by Gasteiger charge is 2.40. The van der Waals surface area contributed by atoms with Crippen LogP contribution < -0.4 is 5.32 Å². The molecule has 0 radical (unpaired) electrons. The fourth-order valence-corrected chi connectivity index (χ4v) is 5.03. The first-order chi connectivity index (χ1) is 14.6. The summed E-state index contributed by atoms with van der Waals surface area (Å²) >= 11 is 0. The molecule has 1 aliphatic carbocycles. The second-order valence-corrected chi connectivity index (χ2v) is 8.67. The number of aliphatic hydroxyl groups is 2. The number of benzene rings is 1. The number of carbonyl (C=O) groups is 1. The number of aromatic nitrogens is 1. The Hall–Kier alpha value is -2.22. The number of hydrogen-bond donors (Lipinski definition) is 3. The van der Waals surface area contributed by atoms with Crippen molar-refractivity contribution in [3.8, 4) is 0 Å². The van der Waals surface area contributed by atoms with E-state index < -0.39 is 6.10 Å². The first-order valence-corrected chi connectivity index (χ1v) is 10.9. The smallest absolute Gasteiger partial charge is 0.288 e. The minimum Gasteiger partial charge on any atom is -0.438 e. The monoisotopic (exact) mass is 413 g/mol. The number of piperidine rings is 1. The van der Waals surface area contributed by atoms with Gasteiger partial charge in [-0.25, -0.2) is 4.98 Å². The number of aliphatic hydroxyl groups excluding tert-OH is 2. The molecule has 7 nitrogen and oxygen atoms in total. The molecule has 1 amide bonds. The van der Waals surface area contributed by atoms with E-state index in [0.717, 1.165) is 45.2 Å². The molecule has 30 heavy (non-hydrogen) atoms. The summed E-state index contributed by atoms with van der Waals surface area (Å²) in [5, 5.41) is 23.8. The normalized spacial score (nSPS) is 28.7. The van der Waals surface area contributed by atoms with Crippen LogP contribution in [0.25, 0.3) is 0 Å². The Bertz CT molecular complexity index is 805. The number of nitrogens with one attached hydrogen (secondary N) is 1. The molecule has 1 saturated carbocycles. The van der Waals surface area contributed by atoms with E-state index in [1.165, 1.54) is 18.2 Å². The summed E-state index contributed by atoms with van der Waals surface area (Å²) in [7, 11) is 0. The molecule has 2 heterocycles. The number of amides is 1. The quantitative estimate of drug-likeness (QED) is 0.650. The average Bonchev–Trinajstić information content (AvgIpc) is 3.26. The Balaban J connectivity index is 1.52. The van der Waals surface area contributed by atoms with Crippen LogP contribution in [0.1, 0.15) is 54.6 Å². The van der Waals surface area contributed by atoms with Gasteiger partial charge in [-0.3, -0.25) is 9.69 Å². The summed E-state index contributed by atoms with van der Waals surface area (Å²) in [4.78, 5) is 18.6. The highest BCUT2D eigenvalue weighted by atomic mass is 16.3. The molecule has 4 rings (SSSR count). The van der Waals surface area contributed by atoms with E-state index in [0.29, 0.717) is 13.0 Å². The van der Waals surface area contributed by atoms with Crippen molar-refractivity contribution in [1.82, 2.24) is 15.2 Å². The number of hydrogen-bond acceptors (Lipinski definition) is 6. The second kappa shape index (κ2) is 9.29. The lowest BCUT2D eigenvalue weighted by atomic mass is 9.74. The first-order valence-electron chi connectivity index (χ1n) is 10.9. The Morgan fingerprint density at radius 3 is 2.57 bits per heavy atom. The molecule has 2 fully saturated rings. The standard InChI is InChI=1S/C23H31N3O4/c27-18-8-12-26(13-9-18)19-6-10-23(11-7-20(19)28,17-4-2-1-3-5-17)15-25-22(29)21-14-24-16-30-21/h1-5,14,16,18-20,27-28H,6-13,15H2,(H,25,29)/t19-,20-,23-/m0/s1. The van der Waals surface area contributed by atoms with E-state index in [1.54, 1.807) is 0 Å². The van der Waals surface area contributed by atoms with Crippen molar-refractivity contribution < 1.29 is 19.4 Å². The van der Waals surface area contributed by atoms with E-state index in [1.807, 2.05) is 18.2 Å². The summed E-state index contributed by atoms with van der Waals surface area (Å²) in [6.45, 7) is 2.13. The fourth-order valence-electron chi connectivity index (χ4n) is 5.03. The predicted molar refractivity (Wildman–Crippen MR) is 112 cm³/mol. The van der Waals surface area contributed by atoms with Crippen molar-refractivity contribution >= 4 is 5.91 Å². The third-order valence-corrected chi connectivity index (χ3v) is 6.88. The highest BCUT2D eigenvalue weighted by molar-refractivity contribution is 5.91. The van der Waals surface area contributed by atoms with E-state index in [2.05, 4.69) is 27.3 Å². The number of likely N-dealkylation sites (tertiary alicyclic amines) is 1.